The lowest BCUT2D eigenvalue weighted by Gasteiger charge is -2.10. The third-order valence-electron chi connectivity index (χ3n) is 2.98. The van der Waals surface area contributed by atoms with Crippen LogP contribution < -0.4 is 4.72 Å². The zero-order valence-corrected chi connectivity index (χ0v) is 12.3. The number of hydrogen-bond donors (Lipinski definition) is 2. The molecule has 2 aromatic rings. The van der Waals surface area contributed by atoms with Gasteiger partial charge in [-0.3, -0.25) is 4.72 Å². The van der Waals surface area contributed by atoms with Crippen molar-refractivity contribution >= 4 is 15.7 Å². The van der Waals surface area contributed by atoms with E-state index in [1.807, 2.05) is 6.92 Å². The van der Waals surface area contributed by atoms with E-state index in [0.717, 1.165) is 30.5 Å². The van der Waals surface area contributed by atoms with E-state index >= 15 is 0 Å². The van der Waals surface area contributed by atoms with Crippen molar-refractivity contribution in [2.45, 2.75) is 24.7 Å². The largest absolute Gasteiger partial charge is 0.506 e. The lowest BCUT2D eigenvalue weighted by molar-refractivity contribution is 0.471. The molecule has 2 rings (SSSR count). The molecule has 0 aromatic heterocycles. The summed E-state index contributed by atoms with van der Waals surface area (Å²) in [5.74, 6) is -1.10. The molecule has 6 heteroatoms. The molecular weight excluding hydrogens is 293 g/mol. The molecule has 0 fully saturated rings. The average molecular weight is 309 g/mol. The van der Waals surface area contributed by atoms with Crippen LogP contribution in [0.5, 0.6) is 5.75 Å². The number of rotatable bonds is 5. The predicted molar refractivity (Wildman–Crippen MR) is 79.3 cm³/mol. The number of aryl methyl sites for hydroxylation is 1. The Balaban J connectivity index is 2.25. The summed E-state index contributed by atoms with van der Waals surface area (Å²) in [5, 5.41) is 9.55. The molecule has 0 aliphatic carbocycles. The molecule has 0 heterocycles. The number of benzene rings is 2. The molecule has 0 aliphatic rings. The highest BCUT2D eigenvalue weighted by molar-refractivity contribution is 7.92. The number of anilines is 1. The molecule has 0 aliphatic heterocycles. The Morgan fingerprint density at radius 2 is 1.81 bits per heavy atom. The zero-order chi connectivity index (χ0) is 15.5. The molecule has 0 saturated heterocycles. The van der Waals surface area contributed by atoms with Crippen LogP contribution in [0.2, 0.25) is 0 Å². The summed E-state index contributed by atoms with van der Waals surface area (Å²) in [7, 11) is -3.81. The maximum atomic E-state index is 12.9. The smallest absolute Gasteiger partial charge is 0.262 e. The summed E-state index contributed by atoms with van der Waals surface area (Å²) in [5.41, 5.74) is 0.995. The Morgan fingerprint density at radius 3 is 2.38 bits per heavy atom. The first-order valence-corrected chi connectivity index (χ1v) is 8.01. The number of nitrogens with one attached hydrogen (secondary N) is 1. The van der Waals surface area contributed by atoms with Crippen molar-refractivity contribution in [2.24, 2.45) is 0 Å². The number of sulfonamides is 1. The van der Waals surface area contributed by atoms with Crippen LogP contribution in [0.1, 0.15) is 18.9 Å². The molecule has 0 spiro atoms. The normalized spacial score (nSPS) is 11.3. The van der Waals surface area contributed by atoms with Gasteiger partial charge in [0.1, 0.15) is 11.6 Å². The lowest BCUT2D eigenvalue weighted by Crippen LogP contribution is -2.13. The van der Waals surface area contributed by atoms with Crippen LogP contribution in [0.3, 0.4) is 0 Å². The molecule has 112 valence electrons. The van der Waals surface area contributed by atoms with Crippen molar-refractivity contribution in [3.05, 3.63) is 53.8 Å². The summed E-state index contributed by atoms with van der Waals surface area (Å²) in [6, 6.07) is 9.62. The second kappa shape index (κ2) is 6.13. The Bertz CT molecular complexity index is 727. The first-order chi connectivity index (χ1) is 9.92. The zero-order valence-electron chi connectivity index (χ0n) is 11.5. The number of hydrogen-bond acceptors (Lipinski definition) is 3. The first kappa shape index (κ1) is 15.3. The van der Waals surface area contributed by atoms with Crippen LogP contribution in [0, 0.1) is 5.82 Å². The lowest BCUT2D eigenvalue weighted by atomic mass is 10.1. The van der Waals surface area contributed by atoms with Crippen molar-refractivity contribution in [2.75, 3.05) is 4.72 Å². The standard InChI is InChI=1S/C15H16FNO3S/c1-2-3-11-4-7-13(8-5-11)21(19,20)17-14-9-6-12(16)10-15(14)18/h4-10,17-18H,2-3H2,1H3. The minimum Gasteiger partial charge on any atom is -0.506 e. The van der Waals surface area contributed by atoms with Crippen molar-refractivity contribution in [1.29, 1.82) is 0 Å². The van der Waals surface area contributed by atoms with Gasteiger partial charge in [-0.1, -0.05) is 25.5 Å². The molecule has 0 bridgehead atoms. The molecule has 0 saturated carbocycles. The summed E-state index contributed by atoms with van der Waals surface area (Å²) in [6.45, 7) is 2.05. The van der Waals surface area contributed by atoms with Gasteiger partial charge in [-0.2, -0.15) is 0 Å². The maximum absolute atomic E-state index is 12.9. The van der Waals surface area contributed by atoms with Gasteiger partial charge in [-0.05, 0) is 36.2 Å². The molecule has 21 heavy (non-hydrogen) atoms. The second-order valence-corrected chi connectivity index (χ2v) is 6.34. The van der Waals surface area contributed by atoms with Gasteiger partial charge < -0.3 is 5.11 Å². The van der Waals surface area contributed by atoms with E-state index in [1.165, 1.54) is 18.2 Å². The molecule has 2 aromatic carbocycles. The van der Waals surface area contributed by atoms with Crippen LogP contribution in [0.4, 0.5) is 10.1 Å². The fourth-order valence-corrected chi connectivity index (χ4v) is 2.99. The quantitative estimate of drug-likeness (QED) is 0.833. The molecular formula is C15H16FNO3S. The molecule has 0 unspecified atom stereocenters. The summed E-state index contributed by atoms with van der Waals surface area (Å²) in [4.78, 5) is 0.0890. The molecule has 0 atom stereocenters. The minimum absolute atomic E-state index is 0.0611. The van der Waals surface area contributed by atoms with E-state index in [-0.39, 0.29) is 10.6 Å². The van der Waals surface area contributed by atoms with Crippen LogP contribution in [-0.2, 0) is 16.4 Å². The monoisotopic (exact) mass is 309 g/mol. The Hall–Kier alpha value is -2.08. The van der Waals surface area contributed by atoms with Gasteiger partial charge in [0.05, 0.1) is 10.6 Å². The van der Waals surface area contributed by atoms with Crippen molar-refractivity contribution in [1.82, 2.24) is 0 Å². The van der Waals surface area contributed by atoms with Gasteiger partial charge in [-0.25, -0.2) is 12.8 Å². The van der Waals surface area contributed by atoms with Crippen molar-refractivity contribution in [3.8, 4) is 5.75 Å². The van der Waals surface area contributed by atoms with Gasteiger partial charge in [0.15, 0.2) is 0 Å². The molecule has 4 nitrogen and oxygen atoms in total. The van der Waals surface area contributed by atoms with Crippen LogP contribution in [0.25, 0.3) is 0 Å². The van der Waals surface area contributed by atoms with E-state index in [0.29, 0.717) is 0 Å². The Labute approximate surface area is 123 Å². The Kier molecular flexibility index (Phi) is 4.47. The number of phenols is 1. The van der Waals surface area contributed by atoms with Crippen LogP contribution in [0.15, 0.2) is 47.4 Å². The van der Waals surface area contributed by atoms with Gasteiger partial charge in [0.25, 0.3) is 10.0 Å². The van der Waals surface area contributed by atoms with E-state index < -0.39 is 21.6 Å². The molecule has 0 amide bonds. The van der Waals surface area contributed by atoms with E-state index in [4.69, 9.17) is 0 Å². The Morgan fingerprint density at radius 1 is 1.14 bits per heavy atom. The first-order valence-electron chi connectivity index (χ1n) is 6.52. The summed E-state index contributed by atoms with van der Waals surface area (Å²) >= 11 is 0. The van der Waals surface area contributed by atoms with Gasteiger partial charge in [0.2, 0.25) is 0 Å². The number of halogens is 1. The summed E-state index contributed by atoms with van der Waals surface area (Å²) in [6.07, 6.45) is 1.86. The topological polar surface area (TPSA) is 66.4 Å². The van der Waals surface area contributed by atoms with E-state index in [2.05, 4.69) is 4.72 Å². The predicted octanol–water partition coefficient (Wildman–Crippen LogP) is 3.28. The summed E-state index contributed by atoms with van der Waals surface area (Å²) < 4.78 is 39.5. The highest BCUT2D eigenvalue weighted by Crippen LogP contribution is 2.26. The highest BCUT2D eigenvalue weighted by atomic mass is 32.2. The van der Waals surface area contributed by atoms with Crippen molar-refractivity contribution < 1.29 is 17.9 Å². The van der Waals surface area contributed by atoms with Gasteiger partial charge >= 0.3 is 0 Å². The minimum atomic E-state index is -3.81. The van der Waals surface area contributed by atoms with E-state index in [9.17, 15) is 17.9 Å². The van der Waals surface area contributed by atoms with Crippen molar-refractivity contribution in [3.63, 3.8) is 0 Å². The third-order valence-corrected chi connectivity index (χ3v) is 4.36. The van der Waals surface area contributed by atoms with E-state index in [1.54, 1.807) is 12.1 Å². The fraction of sp³-hybridized carbons (Fsp3) is 0.200. The van der Waals surface area contributed by atoms with Gasteiger partial charge in [0, 0.05) is 6.07 Å². The van der Waals surface area contributed by atoms with Gasteiger partial charge in [-0.15, -0.1) is 0 Å². The SMILES string of the molecule is CCCc1ccc(S(=O)(=O)Nc2ccc(F)cc2O)cc1. The highest BCUT2D eigenvalue weighted by Gasteiger charge is 2.16. The fourth-order valence-electron chi connectivity index (χ4n) is 1.92. The molecule has 0 radical (unpaired) electrons. The number of aromatic hydroxyl groups is 1. The maximum Gasteiger partial charge on any atom is 0.262 e. The number of phenolic OH excluding ortho intramolecular Hbond substituents is 1. The van der Waals surface area contributed by atoms with Crippen LogP contribution in [-0.4, -0.2) is 13.5 Å². The average Bonchev–Trinajstić information content (AvgIpc) is 2.43. The third kappa shape index (κ3) is 3.72. The molecule has 2 N–H and O–H groups in total. The second-order valence-electron chi connectivity index (χ2n) is 4.66. The van der Waals surface area contributed by atoms with Crippen LogP contribution >= 0.6 is 0 Å².